The first-order valence-electron chi connectivity index (χ1n) is 9.25. The van der Waals surface area contributed by atoms with Crippen molar-refractivity contribution in [2.24, 2.45) is 10.9 Å². The second kappa shape index (κ2) is 9.33. The molecule has 0 fully saturated rings. The number of nitrogens with zero attached hydrogens (tertiary/aromatic N) is 1. The molecule has 7 heteroatoms. The van der Waals surface area contributed by atoms with E-state index in [0.717, 1.165) is 0 Å². The van der Waals surface area contributed by atoms with Crippen molar-refractivity contribution in [3.05, 3.63) is 63.3 Å². The van der Waals surface area contributed by atoms with E-state index in [1.54, 1.807) is 42.5 Å². The number of carbonyl (C=O) groups is 1. The van der Waals surface area contributed by atoms with E-state index in [0.29, 0.717) is 51.8 Å². The molecule has 3 rings (SSSR count). The summed E-state index contributed by atoms with van der Waals surface area (Å²) in [6.07, 6.45) is 1.59. The molecule has 0 radical (unpaired) electrons. The number of halogens is 2. The summed E-state index contributed by atoms with van der Waals surface area (Å²) < 4.78 is 16.8. The molecule has 0 saturated heterocycles. The number of ether oxygens (including phenoxy) is 3. The zero-order valence-corrected chi connectivity index (χ0v) is 17.9. The van der Waals surface area contributed by atoms with Crippen molar-refractivity contribution in [3.63, 3.8) is 0 Å². The summed E-state index contributed by atoms with van der Waals surface area (Å²) in [5.41, 5.74) is 1.34. The fourth-order valence-electron chi connectivity index (χ4n) is 2.64. The molecule has 0 bridgehead atoms. The van der Waals surface area contributed by atoms with E-state index < -0.39 is 5.97 Å². The number of esters is 1. The van der Waals surface area contributed by atoms with E-state index in [9.17, 15) is 4.79 Å². The van der Waals surface area contributed by atoms with Crippen molar-refractivity contribution in [2.75, 3.05) is 13.2 Å². The van der Waals surface area contributed by atoms with Gasteiger partial charge in [-0.2, -0.15) is 0 Å². The van der Waals surface area contributed by atoms with Crippen LogP contribution in [0, 0.1) is 5.92 Å². The molecule has 0 aromatic heterocycles. The van der Waals surface area contributed by atoms with Gasteiger partial charge in [0.15, 0.2) is 17.2 Å². The summed E-state index contributed by atoms with van der Waals surface area (Å²) >= 11 is 12.6. The normalized spacial score (nSPS) is 14.9. The third kappa shape index (κ3) is 5.11. The van der Waals surface area contributed by atoms with Crippen molar-refractivity contribution in [3.8, 4) is 11.5 Å². The molecule has 0 unspecified atom stereocenters. The van der Waals surface area contributed by atoms with Crippen LogP contribution in [-0.2, 0) is 9.53 Å². The van der Waals surface area contributed by atoms with Crippen LogP contribution in [0.4, 0.5) is 0 Å². The molecule has 1 aliphatic rings. The lowest BCUT2D eigenvalue weighted by Crippen LogP contribution is -2.07. The van der Waals surface area contributed by atoms with Gasteiger partial charge in [-0.05, 0) is 48.7 Å². The predicted octanol–water partition coefficient (Wildman–Crippen LogP) is 5.77. The lowest BCUT2D eigenvalue weighted by molar-refractivity contribution is -0.129. The Morgan fingerprint density at radius 2 is 1.90 bits per heavy atom. The van der Waals surface area contributed by atoms with Crippen LogP contribution in [0.25, 0.3) is 6.08 Å². The number of rotatable bonds is 7. The largest absolute Gasteiger partial charge is 0.490 e. The number of hydrogen-bond acceptors (Lipinski definition) is 5. The molecule has 0 aliphatic carbocycles. The second-order valence-electron chi connectivity index (χ2n) is 6.78. The van der Waals surface area contributed by atoms with E-state index in [1.807, 2.05) is 20.8 Å². The van der Waals surface area contributed by atoms with Gasteiger partial charge in [-0.25, -0.2) is 9.79 Å². The minimum atomic E-state index is -0.561. The summed E-state index contributed by atoms with van der Waals surface area (Å²) in [6.45, 7) is 6.93. The molecule has 5 nitrogen and oxygen atoms in total. The summed E-state index contributed by atoms with van der Waals surface area (Å²) in [7, 11) is 0. The Morgan fingerprint density at radius 1 is 1.14 bits per heavy atom. The average molecular weight is 434 g/mol. The zero-order valence-electron chi connectivity index (χ0n) is 16.4. The third-order valence-corrected chi connectivity index (χ3v) is 4.53. The summed E-state index contributed by atoms with van der Waals surface area (Å²) in [5.74, 6) is 0.940. The molecular weight excluding hydrogens is 413 g/mol. The summed E-state index contributed by atoms with van der Waals surface area (Å²) in [4.78, 5) is 16.6. The second-order valence-corrected chi connectivity index (χ2v) is 7.60. The van der Waals surface area contributed by atoms with Crippen LogP contribution in [0.15, 0.2) is 47.1 Å². The molecule has 0 spiro atoms. The van der Waals surface area contributed by atoms with Gasteiger partial charge in [0, 0.05) is 0 Å². The van der Waals surface area contributed by atoms with Crippen LogP contribution in [0.5, 0.6) is 11.5 Å². The Kier molecular flexibility index (Phi) is 6.83. The van der Waals surface area contributed by atoms with Crippen LogP contribution >= 0.6 is 23.2 Å². The highest BCUT2D eigenvalue weighted by atomic mass is 35.5. The smallest absolute Gasteiger partial charge is 0.363 e. The number of hydrogen-bond donors (Lipinski definition) is 0. The van der Waals surface area contributed by atoms with E-state index in [4.69, 9.17) is 37.4 Å². The highest BCUT2D eigenvalue weighted by Crippen LogP contribution is 2.38. The Morgan fingerprint density at radius 3 is 2.59 bits per heavy atom. The van der Waals surface area contributed by atoms with Gasteiger partial charge in [-0.3, -0.25) is 0 Å². The highest BCUT2D eigenvalue weighted by Gasteiger charge is 2.25. The molecule has 0 amide bonds. The minimum Gasteiger partial charge on any atom is -0.490 e. The predicted molar refractivity (Wildman–Crippen MR) is 115 cm³/mol. The minimum absolute atomic E-state index is 0.147. The van der Waals surface area contributed by atoms with Crippen molar-refractivity contribution in [1.29, 1.82) is 0 Å². The highest BCUT2D eigenvalue weighted by molar-refractivity contribution is 6.34. The van der Waals surface area contributed by atoms with E-state index in [2.05, 4.69) is 4.99 Å². The topological polar surface area (TPSA) is 57.1 Å². The summed E-state index contributed by atoms with van der Waals surface area (Å²) in [5, 5.41) is 0.846. The van der Waals surface area contributed by atoms with E-state index >= 15 is 0 Å². The van der Waals surface area contributed by atoms with Gasteiger partial charge in [0.25, 0.3) is 0 Å². The van der Waals surface area contributed by atoms with E-state index in [1.165, 1.54) is 0 Å². The van der Waals surface area contributed by atoms with Crippen molar-refractivity contribution < 1.29 is 19.0 Å². The fraction of sp³-hybridized carbons (Fsp3) is 0.273. The van der Waals surface area contributed by atoms with Gasteiger partial charge < -0.3 is 14.2 Å². The molecule has 1 aliphatic heterocycles. The first-order chi connectivity index (χ1) is 13.9. The number of cyclic esters (lactones) is 1. The Bertz CT molecular complexity index is 983. The van der Waals surface area contributed by atoms with Gasteiger partial charge in [0.2, 0.25) is 5.90 Å². The lowest BCUT2D eigenvalue weighted by atomic mass is 10.1. The summed E-state index contributed by atoms with van der Waals surface area (Å²) in [6, 6.07) is 10.5. The molecule has 152 valence electrons. The van der Waals surface area contributed by atoms with Gasteiger partial charge in [-0.15, -0.1) is 0 Å². The molecule has 0 N–H and O–H groups in total. The Labute approximate surface area is 179 Å². The molecule has 2 aromatic rings. The number of benzene rings is 2. The van der Waals surface area contributed by atoms with Crippen LogP contribution in [0.2, 0.25) is 10.0 Å². The Balaban J connectivity index is 1.95. The maximum Gasteiger partial charge on any atom is 0.363 e. The van der Waals surface area contributed by atoms with Gasteiger partial charge in [0.1, 0.15) is 0 Å². The lowest BCUT2D eigenvalue weighted by Gasteiger charge is -2.15. The number of aliphatic imine (C=N–C) groups is 1. The molecule has 1 heterocycles. The van der Waals surface area contributed by atoms with E-state index in [-0.39, 0.29) is 11.6 Å². The quantitative estimate of drug-likeness (QED) is 0.410. The monoisotopic (exact) mass is 433 g/mol. The third-order valence-electron chi connectivity index (χ3n) is 3.92. The van der Waals surface area contributed by atoms with Crippen LogP contribution in [0.3, 0.4) is 0 Å². The molecule has 29 heavy (non-hydrogen) atoms. The Hall–Kier alpha value is -2.50. The van der Waals surface area contributed by atoms with Gasteiger partial charge in [0.05, 0.1) is 28.8 Å². The van der Waals surface area contributed by atoms with Crippen molar-refractivity contribution in [2.45, 2.75) is 20.8 Å². The molecule has 0 saturated carbocycles. The molecule has 2 aromatic carbocycles. The maximum atomic E-state index is 12.3. The van der Waals surface area contributed by atoms with Crippen LogP contribution < -0.4 is 9.47 Å². The molecular formula is C22H21Cl2NO4. The average Bonchev–Trinajstić information content (AvgIpc) is 3.01. The number of carbonyl (C=O) groups excluding carboxylic acids is 1. The van der Waals surface area contributed by atoms with Crippen LogP contribution in [-0.4, -0.2) is 25.1 Å². The first kappa shape index (κ1) is 21.2. The maximum absolute atomic E-state index is 12.3. The van der Waals surface area contributed by atoms with Crippen molar-refractivity contribution >= 4 is 41.1 Å². The van der Waals surface area contributed by atoms with Gasteiger partial charge in [-0.1, -0.05) is 49.2 Å². The SMILES string of the molecule is CCOc1cc(/C=C2\N=C(c3ccccc3Cl)OC2=O)cc(Cl)c1OCC(C)C. The molecule has 0 atom stereocenters. The van der Waals surface area contributed by atoms with Crippen molar-refractivity contribution in [1.82, 2.24) is 0 Å². The standard InChI is InChI=1S/C22H21Cl2NO4/c1-4-27-19-11-14(9-17(24)20(19)28-12-13(2)3)10-18-22(26)29-21(25-18)15-7-5-6-8-16(15)23/h5-11,13H,4,12H2,1-3H3/b18-10-. The first-order valence-corrected chi connectivity index (χ1v) is 10.0. The zero-order chi connectivity index (χ0) is 21.0. The van der Waals surface area contributed by atoms with Crippen LogP contribution in [0.1, 0.15) is 31.9 Å². The van der Waals surface area contributed by atoms with Gasteiger partial charge >= 0.3 is 5.97 Å². The fourth-order valence-corrected chi connectivity index (χ4v) is 3.13.